The van der Waals surface area contributed by atoms with E-state index in [9.17, 15) is 0 Å². The number of ether oxygens (including phenoxy) is 1. The molecule has 0 saturated carbocycles. The summed E-state index contributed by atoms with van der Waals surface area (Å²) in [5.41, 5.74) is 1.20. The van der Waals surface area contributed by atoms with Gasteiger partial charge in [-0.1, -0.05) is 6.92 Å². The largest absolute Gasteiger partial charge is 0.379 e. The zero-order chi connectivity index (χ0) is 11.6. The van der Waals surface area contributed by atoms with Crippen molar-refractivity contribution in [2.45, 2.75) is 38.6 Å². The Labute approximate surface area is 101 Å². The summed E-state index contributed by atoms with van der Waals surface area (Å²) in [6.07, 6.45) is 3.25. The van der Waals surface area contributed by atoms with Gasteiger partial charge >= 0.3 is 0 Å². The van der Waals surface area contributed by atoms with E-state index in [1.807, 2.05) is 18.4 Å². The third-order valence-corrected chi connectivity index (χ3v) is 4.57. The van der Waals surface area contributed by atoms with Crippen LogP contribution in [0.1, 0.15) is 35.3 Å². The van der Waals surface area contributed by atoms with Gasteiger partial charge in [0.15, 0.2) is 0 Å². The number of nitrogens with one attached hydrogen (secondary N) is 1. The highest BCUT2D eigenvalue weighted by atomic mass is 32.1. The molecule has 90 valence electrons. The molecule has 0 aliphatic carbocycles. The van der Waals surface area contributed by atoms with E-state index in [0.29, 0.717) is 0 Å². The van der Waals surface area contributed by atoms with Crippen LogP contribution in [0.25, 0.3) is 0 Å². The summed E-state index contributed by atoms with van der Waals surface area (Å²) in [6.45, 7) is 5.95. The molecule has 1 N–H and O–H groups in total. The van der Waals surface area contributed by atoms with E-state index in [1.54, 1.807) is 0 Å². The molecule has 1 unspecified atom stereocenters. The quantitative estimate of drug-likeness (QED) is 0.880. The minimum absolute atomic E-state index is 0.0406. The van der Waals surface area contributed by atoms with Gasteiger partial charge in [0.1, 0.15) is 5.01 Å². The average molecular weight is 240 g/mol. The van der Waals surface area contributed by atoms with Crippen molar-refractivity contribution >= 4 is 11.3 Å². The van der Waals surface area contributed by atoms with Crippen molar-refractivity contribution < 1.29 is 4.74 Å². The summed E-state index contributed by atoms with van der Waals surface area (Å²) in [6, 6.07) is 0. The fraction of sp³-hybridized carbons (Fsp3) is 0.750. The second-order valence-electron chi connectivity index (χ2n) is 4.36. The van der Waals surface area contributed by atoms with Gasteiger partial charge in [-0.25, -0.2) is 4.98 Å². The highest BCUT2D eigenvalue weighted by Crippen LogP contribution is 2.34. The standard InChI is InChI=1S/C12H20N2OS/c1-4-10-9(2)16-11(14-10)12(13-3)6-5-7-15-8-12/h13H,4-8H2,1-3H3. The summed E-state index contributed by atoms with van der Waals surface area (Å²) < 4.78 is 5.62. The van der Waals surface area contributed by atoms with E-state index in [1.165, 1.54) is 15.6 Å². The van der Waals surface area contributed by atoms with Crippen LogP contribution in [0.4, 0.5) is 0 Å². The Morgan fingerprint density at radius 1 is 1.56 bits per heavy atom. The predicted octanol–water partition coefficient (Wildman–Crippen LogP) is 2.24. The summed E-state index contributed by atoms with van der Waals surface area (Å²) >= 11 is 1.82. The normalized spacial score (nSPS) is 25.9. The summed E-state index contributed by atoms with van der Waals surface area (Å²) in [5.74, 6) is 0. The lowest BCUT2D eigenvalue weighted by Gasteiger charge is -2.34. The van der Waals surface area contributed by atoms with Crippen LogP contribution in [0.5, 0.6) is 0 Å². The molecule has 1 atom stereocenters. The lowest BCUT2D eigenvalue weighted by atomic mass is 9.93. The van der Waals surface area contributed by atoms with Gasteiger partial charge in [0, 0.05) is 11.5 Å². The number of hydrogen-bond acceptors (Lipinski definition) is 4. The van der Waals surface area contributed by atoms with Gasteiger partial charge in [0.05, 0.1) is 17.8 Å². The number of rotatable bonds is 3. The molecular weight excluding hydrogens is 220 g/mol. The minimum atomic E-state index is -0.0406. The molecule has 4 heteroatoms. The smallest absolute Gasteiger partial charge is 0.116 e. The number of aromatic nitrogens is 1. The first-order valence-electron chi connectivity index (χ1n) is 5.95. The Kier molecular flexibility index (Phi) is 3.62. The molecule has 1 aromatic rings. The topological polar surface area (TPSA) is 34.2 Å². The monoisotopic (exact) mass is 240 g/mol. The maximum Gasteiger partial charge on any atom is 0.116 e. The van der Waals surface area contributed by atoms with E-state index >= 15 is 0 Å². The number of nitrogens with zero attached hydrogens (tertiary/aromatic N) is 1. The van der Waals surface area contributed by atoms with Crippen molar-refractivity contribution in [1.82, 2.24) is 10.3 Å². The Morgan fingerprint density at radius 3 is 2.88 bits per heavy atom. The van der Waals surface area contributed by atoms with Crippen molar-refractivity contribution in [1.29, 1.82) is 0 Å². The van der Waals surface area contributed by atoms with Crippen LogP contribution in [-0.4, -0.2) is 25.2 Å². The second-order valence-corrected chi connectivity index (χ2v) is 5.57. The van der Waals surface area contributed by atoms with E-state index in [2.05, 4.69) is 19.2 Å². The van der Waals surface area contributed by atoms with Crippen LogP contribution in [0.3, 0.4) is 0 Å². The van der Waals surface area contributed by atoms with Gasteiger partial charge in [-0.15, -0.1) is 11.3 Å². The maximum absolute atomic E-state index is 5.62. The highest BCUT2D eigenvalue weighted by Gasteiger charge is 2.36. The van der Waals surface area contributed by atoms with Crippen molar-refractivity contribution in [2.24, 2.45) is 0 Å². The first-order valence-corrected chi connectivity index (χ1v) is 6.77. The van der Waals surface area contributed by atoms with Gasteiger partial charge in [-0.3, -0.25) is 0 Å². The molecule has 0 bridgehead atoms. The number of aryl methyl sites for hydroxylation is 2. The summed E-state index contributed by atoms with van der Waals surface area (Å²) in [7, 11) is 2.01. The Hall–Kier alpha value is -0.450. The van der Waals surface area contributed by atoms with E-state index in [4.69, 9.17) is 9.72 Å². The summed E-state index contributed by atoms with van der Waals surface area (Å²) in [4.78, 5) is 6.12. The zero-order valence-electron chi connectivity index (χ0n) is 10.3. The molecule has 0 amide bonds. The molecule has 0 radical (unpaired) electrons. The molecule has 2 heterocycles. The van der Waals surface area contributed by atoms with E-state index < -0.39 is 0 Å². The van der Waals surface area contributed by atoms with Crippen molar-refractivity contribution in [3.63, 3.8) is 0 Å². The molecule has 1 aliphatic heterocycles. The Bertz CT molecular complexity index is 356. The molecule has 0 spiro atoms. The van der Waals surface area contributed by atoms with Gasteiger partial charge in [0.2, 0.25) is 0 Å². The highest BCUT2D eigenvalue weighted by molar-refractivity contribution is 7.11. The van der Waals surface area contributed by atoms with Crippen LogP contribution < -0.4 is 5.32 Å². The first kappa shape index (κ1) is 12.0. The van der Waals surface area contributed by atoms with Gasteiger partial charge in [-0.05, 0) is 33.2 Å². The number of thiazole rings is 1. The fourth-order valence-electron chi connectivity index (χ4n) is 2.23. The van der Waals surface area contributed by atoms with Crippen LogP contribution in [0.2, 0.25) is 0 Å². The van der Waals surface area contributed by atoms with Gasteiger partial charge < -0.3 is 10.1 Å². The molecule has 16 heavy (non-hydrogen) atoms. The maximum atomic E-state index is 5.62. The molecular formula is C12H20N2OS. The van der Waals surface area contributed by atoms with Gasteiger partial charge in [-0.2, -0.15) is 0 Å². The molecule has 1 saturated heterocycles. The number of hydrogen-bond donors (Lipinski definition) is 1. The molecule has 1 aromatic heterocycles. The third kappa shape index (κ3) is 2.01. The minimum Gasteiger partial charge on any atom is -0.379 e. The second kappa shape index (κ2) is 4.82. The first-order chi connectivity index (χ1) is 7.72. The Morgan fingerprint density at radius 2 is 2.38 bits per heavy atom. The molecule has 1 aliphatic rings. The van der Waals surface area contributed by atoms with Crippen molar-refractivity contribution in [3.05, 3.63) is 15.6 Å². The average Bonchev–Trinajstić information content (AvgIpc) is 2.72. The van der Waals surface area contributed by atoms with Crippen LogP contribution in [0.15, 0.2) is 0 Å². The van der Waals surface area contributed by atoms with Crippen LogP contribution >= 0.6 is 11.3 Å². The third-order valence-electron chi connectivity index (χ3n) is 3.36. The SMILES string of the molecule is CCc1nc(C2(NC)CCCOC2)sc1C. The fourth-order valence-corrected chi connectivity index (χ4v) is 3.44. The molecule has 3 nitrogen and oxygen atoms in total. The van der Waals surface area contributed by atoms with Gasteiger partial charge in [0.25, 0.3) is 0 Å². The molecule has 1 fully saturated rings. The zero-order valence-corrected chi connectivity index (χ0v) is 11.1. The summed E-state index contributed by atoms with van der Waals surface area (Å²) in [5, 5.41) is 4.62. The predicted molar refractivity (Wildman–Crippen MR) is 67.0 cm³/mol. The molecule has 2 rings (SSSR count). The Balaban J connectivity index is 2.31. The number of likely N-dealkylation sites (N-methyl/N-ethyl adjacent to an activating group) is 1. The van der Waals surface area contributed by atoms with Crippen LogP contribution in [0, 0.1) is 6.92 Å². The van der Waals surface area contributed by atoms with Crippen LogP contribution in [-0.2, 0) is 16.7 Å². The lowest BCUT2D eigenvalue weighted by Crippen LogP contribution is -2.46. The lowest BCUT2D eigenvalue weighted by molar-refractivity contribution is 0.0216. The van der Waals surface area contributed by atoms with Crippen molar-refractivity contribution in [2.75, 3.05) is 20.3 Å². The van der Waals surface area contributed by atoms with E-state index in [-0.39, 0.29) is 5.54 Å². The molecule has 0 aromatic carbocycles. The van der Waals surface area contributed by atoms with E-state index in [0.717, 1.165) is 32.5 Å². The van der Waals surface area contributed by atoms with Crippen molar-refractivity contribution in [3.8, 4) is 0 Å².